The van der Waals surface area contributed by atoms with Gasteiger partial charge in [-0.05, 0) is 55.6 Å². The van der Waals surface area contributed by atoms with Crippen molar-refractivity contribution in [3.63, 3.8) is 0 Å². The summed E-state index contributed by atoms with van der Waals surface area (Å²) < 4.78 is 1.18. The Morgan fingerprint density at radius 2 is 1.79 bits per heavy atom. The Bertz CT molecular complexity index is 563. The van der Waals surface area contributed by atoms with Gasteiger partial charge in [0.25, 0.3) is 0 Å². The van der Waals surface area contributed by atoms with Crippen molar-refractivity contribution in [1.82, 2.24) is 5.32 Å². The summed E-state index contributed by atoms with van der Waals surface area (Å²) in [6, 6.07) is 15.5. The van der Waals surface area contributed by atoms with Gasteiger partial charge >= 0.3 is 0 Å². The maximum atomic E-state index is 3.62. The van der Waals surface area contributed by atoms with Crippen LogP contribution in [0.3, 0.4) is 0 Å². The molecule has 1 nitrogen and oxygen atoms in total. The number of likely N-dealkylation sites (N-methyl/N-ethyl adjacent to an activating group) is 1. The first-order valence-corrected chi connectivity index (χ1v) is 7.39. The van der Waals surface area contributed by atoms with E-state index >= 15 is 0 Å². The Balaban J connectivity index is 2.25. The number of halogens is 1. The van der Waals surface area contributed by atoms with Crippen molar-refractivity contribution in [3.05, 3.63) is 69.2 Å². The van der Waals surface area contributed by atoms with E-state index in [2.05, 4.69) is 77.6 Å². The largest absolute Gasteiger partial charge is 0.313 e. The third-order valence-corrected chi connectivity index (χ3v) is 4.49. The summed E-state index contributed by atoms with van der Waals surface area (Å²) in [4.78, 5) is 0. The lowest BCUT2D eigenvalue weighted by Crippen LogP contribution is -2.19. The summed E-state index contributed by atoms with van der Waals surface area (Å²) >= 11 is 3.62. The number of aryl methyl sites for hydroxylation is 2. The average Bonchev–Trinajstić information content (AvgIpc) is 2.41. The third kappa shape index (κ3) is 3.46. The minimum atomic E-state index is 0.345. The fourth-order valence-corrected chi connectivity index (χ4v) is 2.67. The normalized spacial score (nSPS) is 12.4. The van der Waals surface area contributed by atoms with E-state index in [1.807, 2.05) is 7.05 Å². The van der Waals surface area contributed by atoms with Crippen LogP contribution < -0.4 is 5.32 Å². The van der Waals surface area contributed by atoms with Gasteiger partial charge in [0, 0.05) is 10.5 Å². The van der Waals surface area contributed by atoms with Crippen molar-refractivity contribution in [2.24, 2.45) is 0 Å². The number of hydrogen-bond acceptors (Lipinski definition) is 1. The first-order chi connectivity index (χ1) is 9.11. The number of rotatable bonds is 4. The smallest absolute Gasteiger partial charge is 0.0358 e. The molecule has 0 amide bonds. The molecule has 0 heterocycles. The van der Waals surface area contributed by atoms with Crippen molar-refractivity contribution >= 4 is 15.9 Å². The zero-order chi connectivity index (χ0) is 13.8. The molecule has 0 aromatic heterocycles. The molecule has 1 atom stereocenters. The first kappa shape index (κ1) is 14.3. The molecule has 2 aromatic carbocycles. The second-order valence-electron chi connectivity index (χ2n) is 4.98. The molecular formula is C17H20BrN. The van der Waals surface area contributed by atoms with Crippen LogP contribution in [0.4, 0.5) is 0 Å². The van der Waals surface area contributed by atoms with E-state index in [0.717, 1.165) is 6.42 Å². The van der Waals surface area contributed by atoms with Gasteiger partial charge in [-0.15, -0.1) is 0 Å². The number of nitrogens with one attached hydrogen (secondary N) is 1. The quantitative estimate of drug-likeness (QED) is 0.871. The Labute approximate surface area is 124 Å². The van der Waals surface area contributed by atoms with Crippen LogP contribution in [-0.2, 0) is 6.42 Å². The van der Waals surface area contributed by atoms with E-state index in [-0.39, 0.29) is 0 Å². The molecule has 0 fully saturated rings. The zero-order valence-electron chi connectivity index (χ0n) is 11.7. The van der Waals surface area contributed by atoms with Crippen LogP contribution in [0.1, 0.15) is 28.3 Å². The minimum absolute atomic E-state index is 0.345. The van der Waals surface area contributed by atoms with Gasteiger partial charge < -0.3 is 5.32 Å². The molecule has 0 saturated heterocycles. The van der Waals surface area contributed by atoms with E-state index in [1.165, 1.54) is 26.7 Å². The van der Waals surface area contributed by atoms with Crippen molar-refractivity contribution in [3.8, 4) is 0 Å². The molecular weight excluding hydrogens is 298 g/mol. The lowest BCUT2D eigenvalue weighted by molar-refractivity contribution is 0.590. The second-order valence-corrected chi connectivity index (χ2v) is 5.83. The highest BCUT2D eigenvalue weighted by Gasteiger charge is 2.12. The van der Waals surface area contributed by atoms with E-state index in [0.29, 0.717) is 6.04 Å². The van der Waals surface area contributed by atoms with Crippen LogP contribution in [0.15, 0.2) is 46.9 Å². The van der Waals surface area contributed by atoms with Gasteiger partial charge in [0.15, 0.2) is 0 Å². The molecule has 1 unspecified atom stereocenters. The Morgan fingerprint density at radius 1 is 1.05 bits per heavy atom. The molecule has 0 radical (unpaired) electrons. The third-order valence-electron chi connectivity index (χ3n) is 3.63. The standard InChI is InChI=1S/C17H20BrN/c1-12-6-4-5-7-14(12)11-17(19-3)15-9-8-13(2)16(18)10-15/h4-10,17,19H,11H2,1-3H3. The molecule has 2 rings (SSSR count). The van der Waals surface area contributed by atoms with Crippen LogP contribution in [0.2, 0.25) is 0 Å². The van der Waals surface area contributed by atoms with Crippen LogP contribution in [0.5, 0.6) is 0 Å². The molecule has 2 heteroatoms. The van der Waals surface area contributed by atoms with E-state index < -0.39 is 0 Å². The molecule has 100 valence electrons. The molecule has 0 aliphatic carbocycles. The summed E-state index contributed by atoms with van der Waals surface area (Å²) in [6.45, 7) is 4.29. The Hall–Kier alpha value is -1.12. The van der Waals surface area contributed by atoms with Gasteiger partial charge in [0.2, 0.25) is 0 Å². The highest BCUT2D eigenvalue weighted by molar-refractivity contribution is 9.10. The van der Waals surface area contributed by atoms with Crippen molar-refractivity contribution in [2.45, 2.75) is 26.3 Å². The van der Waals surface area contributed by atoms with Crippen molar-refractivity contribution < 1.29 is 0 Å². The van der Waals surface area contributed by atoms with Gasteiger partial charge in [-0.1, -0.05) is 52.3 Å². The number of benzene rings is 2. The highest BCUT2D eigenvalue weighted by Crippen LogP contribution is 2.25. The lowest BCUT2D eigenvalue weighted by Gasteiger charge is -2.19. The maximum Gasteiger partial charge on any atom is 0.0358 e. The van der Waals surface area contributed by atoms with Crippen molar-refractivity contribution in [1.29, 1.82) is 0 Å². The average molecular weight is 318 g/mol. The number of hydrogen-bond donors (Lipinski definition) is 1. The molecule has 0 saturated carbocycles. The lowest BCUT2D eigenvalue weighted by atomic mass is 9.96. The topological polar surface area (TPSA) is 12.0 Å². The van der Waals surface area contributed by atoms with E-state index in [1.54, 1.807) is 0 Å². The molecule has 2 aromatic rings. The summed E-state index contributed by atoms with van der Waals surface area (Å²) in [7, 11) is 2.02. The minimum Gasteiger partial charge on any atom is -0.313 e. The van der Waals surface area contributed by atoms with Crippen LogP contribution in [0.25, 0.3) is 0 Å². The summed E-state index contributed by atoms with van der Waals surface area (Å²) in [6.07, 6.45) is 1.01. The first-order valence-electron chi connectivity index (χ1n) is 6.59. The maximum absolute atomic E-state index is 3.62. The van der Waals surface area contributed by atoms with E-state index in [4.69, 9.17) is 0 Å². The van der Waals surface area contributed by atoms with E-state index in [9.17, 15) is 0 Å². The van der Waals surface area contributed by atoms with Crippen LogP contribution in [0, 0.1) is 13.8 Å². The molecule has 19 heavy (non-hydrogen) atoms. The van der Waals surface area contributed by atoms with Gasteiger partial charge in [0.05, 0.1) is 0 Å². The fraction of sp³-hybridized carbons (Fsp3) is 0.294. The van der Waals surface area contributed by atoms with Crippen molar-refractivity contribution in [2.75, 3.05) is 7.05 Å². The molecule has 0 aliphatic heterocycles. The van der Waals surface area contributed by atoms with Crippen LogP contribution >= 0.6 is 15.9 Å². The van der Waals surface area contributed by atoms with Gasteiger partial charge in [0.1, 0.15) is 0 Å². The zero-order valence-corrected chi connectivity index (χ0v) is 13.3. The summed E-state index contributed by atoms with van der Waals surface area (Å²) in [5.74, 6) is 0. The molecule has 0 bridgehead atoms. The summed E-state index contributed by atoms with van der Waals surface area (Å²) in [5.41, 5.74) is 5.35. The highest BCUT2D eigenvalue weighted by atomic mass is 79.9. The fourth-order valence-electron chi connectivity index (χ4n) is 2.27. The predicted octanol–water partition coefficient (Wildman–Crippen LogP) is 4.57. The SMILES string of the molecule is CNC(Cc1ccccc1C)c1ccc(C)c(Br)c1. The molecule has 0 aliphatic rings. The van der Waals surface area contributed by atoms with Gasteiger partial charge in [-0.25, -0.2) is 0 Å². The second kappa shape index (κ2) is 6.36. The molecule has 0 spiro atoms. The molecule has 1 N–H and O–H groups in total. The Morgan fingerprint density at radius 3 is 2.42 bits per heavy atom. The van der Waals surface area contributed by atoms with Gasteiger partial charge in [-0.3, -0.25) is 0 Å². The van der Waals surface area contributed by atoms with Gasteiger partial charge in [-0.2, -0.15) is 0 Å². The Kier molecular flexibility index (Phi) is 4.78. The van der Waals surface area contributed by atoms with Crippen LogP contribution in [-0.4, -0.2) is 7.05 Å². The monoisotopic (exact) mass is 317 g/mol. The predicted molar refractivity (Wildman–Crippen MR) is 85.6 cm³/mol. The summed E-state index contributed by atoms with van der Waals surface area (Å²) in [5, 5.41) is 3.42.